The molecule has 0 spiro atoms. The van der Waals surface area contributed by atoms with Crippen LogP contribution in [0.3, 0.4) is 0 Å². The first-order chi connectivity index (χ1) is 14.4. The highest BCUT2D eigenvalue weighted by atomic mass is 16.5. The van der Waals surface area contributed by atoms with E-state index in [0.717, 1.165) is 54.2 Å². The lowest BCUT2D eigenvalue weighted by atomic mass is 9.91. The maximum Gasteiger partial charge on any atom is 0.339 e. The molecule has 1 amide bonds. The highest BCUT2D eigenvalue weighted by molar-refractivity contribution is 5.93. The molecule has 0 fully saturated rings. The minimum absolute atomic E-state index is 0.113. The van der Waals surface area contributed by atoms with Crippen LogP contribution in [-0.4, -0.2) is 38.4 Å². The fourth-order valence-corrected chi connectivity index (χ4v) is 4.31. The Morgan fingerprint density at radius 3 is 2.80 bits per heavy atom. The van der Waals surface area contributed by atoms with Gasteiger partial charge in [-0.05, 0) is 57.9 Å². The molecule has 1 N–H and O–H groups in total. The summed E-state index contributed by atoms with van der Waals surface area (Å²) in [6.07, 6.45) is 4.78. The Balaban J connectivity index is 1.69. The Bertz CT molecular complexity index is 1020. The maximum absolute atomic E-state index is 12.6. The Labute approximate surface area is 175 Å². The number of carbonyl (C=O) groups is 1. The minimum atomic E-state index is -0.312. The van der Waals surface area contributed by atoms with Crippen molar-refractivity contribution in [3.05, 3.63) is 33.2 Å². The van der Waals surface area contributed by atoms with Gasteiger partial charge in [-0.15, -0.1) is 0 Å². The van der Waals surface area contributed by atoms with Gasteiger partial charge in [0.15, 0.2) is 6.61 Å². The molecule has 4 rings (SSSR count). The van der Waals surface area contributed by atoms with Crippen molar-refractivity contribution in [2.24, 2.45) is 0 Å². The van der Waals surface area contributed by atoms with Gasteiger partial charge in [0, 0.05) is 37.5 Å². The number of ether oxygens (including phenoxy) is 3. The van der Waals surface area contributed by atoms with Crippen molar-refractivity contribution in [3.8, 4) is 11.5 Å². The van der Waals surface area contributed by atoms with Crippen LogP contribution in [0.15, 0.2) is 15.3 Å². The second-order valence-electron chi connectivity index (χ2n) is 8.60. The number of aryl methyl sites for hydroxylation is 2. The van der Waals surface area contributed by atoms with Crippen molar-refractivity contribution in [1.29, 1.82) is 0 Å². The number of benzene rings is 1. The molecule has 1 aromatic heterocycles. The summed E-state index contributed by atoms with van der Waals surface area (Å²) in [4.78, 5) is 24.8. The van der Waals surface area contributed by atoms with Gasteiger partial charge >= 0.3 is 5.63 Å². The third kappa shape index (κ3) is 4.03. The molecule has 0 unspecified atom stereocenters. The molecule has 7 nitrogen and oxygen atoms in total. The summed E-state index contributed by atoms with van der Waals surface area (Å²) in [5.41, 5.74) is 2.60. The molecular weight excluding hydrogens is 386 g/mol. The molecule has 2 heterocycles. The predicted octanol–water partition coefficient (Wildman–Crippen LogP) is 2.92. The number of hydrogen-bond acceptors (Lipinski definition) is 6. The van der Waals surface area contributed by atoms with E-state index in [1.165, 1.54) is 0 Å². The van der Waals surface area contributed by atoms with Crippen molar-refractivity contribution >= 4 is 16.9 Å². The van der Waals surface area contributed by atoms with Gasteiger partial charge in [-0.2, -0.15) is 0 Å². The third-order valence-corrected chi connectivity index (χ3v) is 5.84. The van der Waals surface area contributed by atoms with Gasteiger partial charge in [-0.1, -0.05) is 0 Å². The average molecular weight is 415 g/mol. The van der Waals surface area contributed by atoms with Gasteiger partial charge in [-0.25, -0.2) is 4.79 Å². The molecule has 162 valence electrons. The maximum atomic E-state index is 12.6. The zero-order valence-electron chi connectivity index (χ0n) is 17.9. The predicted molar refractivity (Wildman–Crippen MR) is 113 cm³/mol. The van der Waals surface area contributed by atoms with Crippen LogP contribution in [0.25, 0.3) is 11.0 Å². The highest BCUT2D eigenvalue weighted by Gasteiger charge is 2.32. The van der Waals surface area contributed by atoms with Crippen molar-refractivity contribution in [3.63, 3.8) is 0 Å². The molecule has 0 atom stereocenters. The molecule has 0 radical (unpaired) electrons. The summed E-state index contributed by atoms with van der Waals surface area (Å²) in [7, 11) is 1.63. The van der Waals surface area contributed by atoms with Crippen molar-refractivity contribution in [1.82, 2.24) is 5.32 Å². The van der Waals surface area contributed by atoms with Crippen molar-refractivity contribution < 1.29 is 23.4 Å². The quantitative estimate of drug-likeness (QED) is 0.553. The molecule has 0 saturated heterocycles. The fourth-order valence-electron chi connectivity index (χ4n) is 4.31. The highest BCUT2D eigenvalue weighted by Crippen LogP contribution is 2.44. The number of rotatable bonds is 7. The smallest absolute Gasteiger partial charge is 0.339 e. The van der Waals surface area contributed by atoms with Gasteiger partial charge in [0.05, 0.1) is 5.39 Å². The molecule has 1 aliphatic carbocycles. The molecule has 2 aromatic rings. The van der Waals surface area contributed by atoms with Crippen molar-refractivity contribution in [2.75, 3.05) is 26.9 Å². The van der Waals surface area contributed by atoms with E-state index < -0.39 is 0 Å². The van der Waals surface area contributed by atoms with E-state index in [1.807, 2.05) is 19.9 Å². The van der Waals surface area contributed by atoms with Crippen LogP contribution in [0.4, 0.5) is 0 Å². The standard InChI is InChI=1S/C23H29NO6/c1-23(2)9-8-16-17(30-23)12-18(28-13-19(25)24-10-5-11-27-3)20-14-6-4-7-15(14)22(26)29-21(16)20/h12H,4-11,13H2,1-3H3,(H,24,25). The van der Waals surface area contributed by atoms with Gasteiger partial charge in [0.2, 0.25) is 0 Å². The van der Waals surface area contributed by atoms with E-state index in [4.69, 9.17) is 18.6 Å². The largest absolute Gasteiger partial charge is 0.487 e. The van der Waals surface area contributed by atoms with E-state index in [1.54, 1.807) is 7.11 Å². The molecule has 0 bridgehead atoms. The number of fused-ring (bicyclic) bond motifs is 5. The monoisotopic (exact) mass is 415 g/mol. The number of carbonyl (C=O) groups excluding carboxylic acids is 1. The number of amides is 1. The molecule has 7 heteroatoms. The molecule has 1 aromatic carbocycles. The zero-order chi connectivity index (χ0) is 21.3. The van der Waals surface area contributed by atoms with E-state index in [9.17, 15) is 9.59 Å². The Hall–Kier alpha value is -2.54. The second kappa shape index (κ2) is 8.30. The number of hydrogen-bond donors (Lipinski definition) is 1. The molecule has 1 aliphatic heterocycles. The van der Waals surface area contributed by atoms with Crippen LogP contribution in [0.5, 0.6) is 11.5 Å². The lowest BCUT2D eigenvalue weighted by molar-refractivity contribution is -0.123. The van der Waals surface area contributed by atoms with Gasteiger partial charge in [0.1, 0.15) is 22.7 Å². The lowest BCUT2D eigenvalue weighted by Gasteiger charge is -2.33. The summed E-state index contributed by atoms with van der Waals surface area (Å²) < 4.78 is 22.9. The topological polar surface area (TPSA) is 87.0 Å². The van der Waals surface area contributed by atoms with Crippen LogP contribution in [-0.2, 0) is 28.8 Å². The van der Waals surface area contributed by atoms with E-state index in [2.05, 4.69) is 5.32 Å². The van der Waals surface area contributed by atoms with Crippen LogP contribution >= 0.6 is 0 Å². The Morgan fingerprint density at radius 2 is 2.00 bits per heavy atom. The first-order valence-corrected chi connectivity index (χ1v) is 10.6. The van der Waals surface area contributed by atoms with Gasteiger partial charge in [-0.3, -0.25) is 4.79 Å². The SMILES string of the molecule is COCCCNC(=O)COc1cc2c(c3oc(=O)c4c(c13)CCC4)CCC(C)(C)O2. The number of nitrogens with one attached hydrogen (secondary N) is 1. The van der Waals surface area contributed by atoms with Crippen LogP contribution in [0.2, 0.25) is 0 Å². The molecule has 0 saturated carbocycles. The van der Waals surface area contributed by atoms with E-state index >= 15 is 0 Å². The van der Waals surface area contributed by atoms with Crippen molar-refractivity contribution in [2.45, 2.75) is 58.0 Å². The van der Waals surface area contributed by atoms with E-state index in [-0.39, 0.29) is 23.7 Å². The fraction of sp³-hybridized carbons (Fsp3) is 0.565. The summed E-state index contributed by atoms with van der Waals surface area (Å²) in [6.45, 7) is 5.08. The summed E-state index contributed by atoms with van der Waals surface area (Å²) in [6, 6.07) is 1.86. The lowest BCUT2D eigenvalue weighted by Crippen LogP contribution is -2.33. The zero-order valence-corrected chi connectivity index (χ0v) is 17.9. The first-order valence-electron chi connectivity index (χ1n) is 10.6. The Morgan fingerprint density at radius 1 is 1.20 bits per heavy atom. The normalized spacial score (nSPS) is 16.6. The van der Waals surface area contributed by atoms with Gasteiger partial charge in [0.25, 0.3) is 5.91 Å². The minimum Gasteiger partial charge on any atom is -0.487 e. The Kier molecular flexibility index (Phi) is 5.73. The molecule has 2 aliphatic rings. The average Bonchev–Trinajstić information content (AvgIpc) is 3.19. The number of methoxy groups -OCH3 is 1. The van der Waals surface area contributed by atoms with E-state index in [0.29, 0.717) is 36.7 Å². The summed E-state index contributed by atoms with van der Waals surface area (Å²) in [5.74, 6) is 0.998. The second-order valence-corrected chi connectivity index (χ2v) is 8.60. The van der Waals surface area contributed by atoms with Gasteiger partial charge < -0.3 is 23.9 Å². The molecule has 30 heavy (non-hydrogen) atoms. The molecular formula is C23H29NO6. The summed E-state index contributed by atoms with van der Waals surface area (Å²) >= 11 is 0. The summed E-state index contributed by atoms with van der Waals surface area (Å²) in [5, 5.41) is 3.64. The van der Waals surface area contributed by atoms with Crippen LogP contribution in [0, 0.1) is 0 Å². The van der Waals surface area contributed by atoms with Crippen LogP contribution in [0.1, 0.15) is 49.8 Å². The first kappa shape index (κ1) is 20.7. The van der Waals surface area contributed by atoms with Crippen LogP contribution < -0.4 is 20.4 Å². The third-order valence-electron chi connectivity index (χ3n) is 5.84.